The first-order valence-corrected chi connectivity index (χ1v) is 10.4. The quantitative estimate of drug-likeness (QED) is 0.500. The molecule has 0 aliphatic rings. The van der Waals surface area contributed by atoms with Gasteiger partial charge < -0.3 is 5.32 Å². The zero-order valence-corrected chi connectivity index (χ0v) is 17.5. The van der Waals surface area contributed by atoms with E-state index in [1.54, 1.807) is 23.9 Å². The maximum Gasteiger partial charge on any atom is 0.418 e. The van der Waals surface area contributed by atoms with Crippen LogP contribution in [0, 0.1) is 6.92 Å². The largest absolute Gasteiger partial charge is 0.418 e. The predicted octanol–water partition coefficient (Wildman–Crippen LogP) is 6.10. The van der Waals surface area contributed by atoms with Gasteiger partial charge in [-0.05, 0) is 37.6 Å². The van der Waals surface area contributed by atoms with Crippen LogP contribution in [-0.2, 0) is 13.2 Å². The number of aromatic nitrogens is 2. The van der Waals surface area contributed by atoms with Crippen LogP contribution in [0.4, 0.5) is 18.9 Å². The molecule has 2 heterocycles. The van der Waals surface area contributed by atoms with Crippen molar-refractivity contribution in [1.82, 2.24) is 9.78 Å². The average Bonchev–Trinajstić information content (AvgIpc) is 3.17. The summed E-state index contributed by atoms with van der Waals surface area (Å²) in [5.74, 6) is -0.562. The normalized spacial score (nSPS) is 13.1. The number of nitrogens with one attached hydrogen (secondary N) is 1. The van der Waals surface area contributed by atoms with E-state index < -0.39 is 17.6 Å². The molecule has 2 aromatic heterocycles. The van der Waals surface area contributed by atoms with E-state index in [1.165, 1.54) is 29.2 Å². The number of carbonyl (C=O) groups excluding carboxylic acids is 1. The first-order chi connectivity index (χ1) is 13.1. The molecule has 1 N–H and O–H groups in total. The second-order valence-electron chi connectivity index (χ2n) is 6.53. The third-order valence-electron chi connectivity index (χ3n) is 4.38. The summed E-state index contributed by atoms with van der Waals surface area (Å²) in [6.07, 6.45) is -3.71. The van der Waals surface area contributed by atoms with E-state index in [-0.39, 0.29) is 10.9 Å². The van der Waals surface area contributed by atoms with Gasteiger partial charge in [0.2, 0.25) is 0 Å². The molecule has 1 amide bonds. The van der Waals surface area contributed by atoms with Gasteiger partial charge >= 0.3 is 6.18 Å². The van der Waals surface area contributed by atoms with Crippen LogP contribution in [0.15, 0.2) is 29.2 Å². The molecule has 0 radical (unpaired) electrons. The summed E-state index contributed by atoms with van der Waals surface area (Å²) in [5.41, 5.74) is -0.304. The Bertz CT molecular complexity index is 989. The third kappa shape index (κ3) is 4.20. The van der Waals surface area contributed by atoms with Crippen molar-refractivity contribution in [3.05, 3.63) is 40.4 Å². The number of aryl methyl sites for hydroxylation is 2. The van der Waals surface area contributed by atoms with Crippen molar-refractivity contribution in [1.29, 1.82) is 0 Å². The molecule has 1 aromatic carbocycles. The molecule has 1 unspecified atom stereocenters. The summed E-state index contributed by atoms with van der Waals surface area (Å²) in [6.45, 7) is 5.78. The Balaban J connectivity index is 1.91. The van der Waals surface area contributed by atoms with Crippen molar-refractivity contribution in [2.45, 2.75) is 43.5 Å². The van der Waals surface area contributed by atoms with Crippen LogP contribution in [0.3, 0.4) is 0 Å². The Hall–Kier alpha value is -2.00. The summed E-state index contributed by atoms with van der Waals surface area (Å²) in [5, 5.41) is 7.73. The standard InChI is InChI=1S/C19H20F3N3OS2/c1-5-10(2)27-12-6-7-15(14(8-12)19(20,21)22)23-17(26)16-9-13-11(3)24-25(4)18(13)28-16/h6-10H,5H2,1-4H3,(H,23,26). The van der Waals surface area contributed by atoms with Crippen molar-refractivity contribution in [2.24, 2.45) is 7.05 Å². The van der Waals surface area contributed by atoms with Gasteiger partial charge in [0.1, 0.15) is 4.83 Å². The lowest BCUT2D eigenvalue weighted by molar-refractivity contribution is -0.137. The molecule has 4 nitrogen and oxygen atoms in total. The van der Waals surface area contributed by atoms with Gasteiger partial charge in [0.05, 0.1) is 21.8 Å². The topological polar surface area (TPSA) is 46.9 Å². The molecule has 0 spiro atoms. The molecule has 0 saturated carbocycles. The Morgan fingerprint density at radius 3 is 2.68 bits per heavy atom. The molecule has 3 rings (SSSR count). The van der Waals surface area contributed by atoms with Gasteiger partial charge in [-0.1, -0.05) is 13.8 Å². The molecule has 28 heavy (non-hydrogen) atoms. The van der Waals surface area contributed by atoms with E-state index in [1.807, 2.05) is 20.8 Å². The van der Waals surface area contributed by atoms with Gasteiger partial charge in [0.15, 0.2) is 0 Å². The number of alkyl halides is 3. The molecule has 9 heteroatoms. The molecule has 0 fully saturated rings. The highest BCUT2D eigenvalue weighted by atomic mass is 32.2. The van der Waals surface area contributed by atoms with Crippen LogP contribution in [-0.4, -0.2) is 20.9 Å². The number of hydrogen-bond acceptors (Lipinski definition) is 4. The Labute approximate surface area is 169 Å². The number of fused-ring (bicyclic) bond motifs is 1. The monoisotopic (exact) mass is 427 g/mol. The molecule has 0 aliphatic heterocycles. The van der Waals surface area contributed by atoms with Gasteiger partial charge in [-0.3, -0.25) is 9.48 Å². The SMILES string of the molecule is CCC(C)Sc1ccc(NC(=O)c2cc3c(C)nn(C)c3s2)c(C(F)(F)F)c1. The second kappa shape index (κ2) is 7.79. The molecule has 0 aliphatic carbocycles. The van der Waals surface area contributed by atoms with Crippen molar-refractivity contribution in [3.8, 4) is 0 Å². The number of halogens is 3. The van der Waals surface area contributed by atoms with Crippen molar-refractivity contribution >= 4 is 44.9 Å². The van der Waals surface area contributed by atoms with Gasteiger partial charge in [-0.25, -0.2) is 0 Å². The molecule has 3 aromatic rings. The van der Waals surface area contributed by atoms with E-state index in [2.05, 4.69) is 10.4 Å². The van der Waals surface area contributed by atoms with Crippen molar-refractivity contribution < 1.29 is 18.0 Å². The number of anilines is 1. The summed E-state index contributed by atoms with van der Waals surface area (Å²) < 4.78 is 42.3. The van der Waals surface area contributed by atoms with Crippen molar-refractivity contribution in [3.63, 3.8) is 0 Å². The molecule has 150 valence electrons. The number of carbonyl (C=O) groups is 1. The number of thioether (sulfide) groups is 1. The average molecular weight is 428 g/mol. The van der Waals surface area contributed by atoms with Gasteiger partial charge in [-0.15, -0.1) is 23.1 Å². The van der Waals surface area contributed by atoms with Crippen LogP contribution in [0.25, 0.3) is 10.2 Å². The van der Waals surface area contributed by atoms with Crippen molar-refractivity contribution in [2.75, 3.05) is 5.32 Å². The van der Waals surface area contributed by atoms with Gasteiger partial charge in [0.25, 0.3) is 5.91 Å². The minimum Gasteiger partial charge on any atom is -0.321 e. The smallest absolute Gasteiger partial charge is 0.321 e. The zero-order valence-electron chi connectivity index (χ0n) is 15.8. The van der Waals surface area contributed by atoms with Crippen LogP contribution in [0.1, 0.15) is 41.2 Å². The highest BCUT2D eigenvalue weighted by Crippen LogP contribution is 2.39. The van der Waals surface area contributed by atoms with E-state index in [4.69, 9.17) is 0 Å². The number of rotatable bonds is 5. The number of nitrogens with zero attached hydrogens (tertiary/aromatic N) is 2. The second-order valence-corrected chi connectivity index (χ2v) is 9.08. The molecule has 0 saturated heterocycles. The molecule has 1 atom stereocenters. The lowest BCUT2D eigenvalue weighted by atomic mass is 10.1. The Kier molecular flexibility index (Phi) is 5.77. The van der Waals surface area contributed by atoms with E-state index >= 15 is 0 Å². The fourth-order valence-electron chi connectivity index (χ4n) is 2.76. The molecular formula is C19H20F3N3OS2. The lowest BCUT2D eigenvalue weighted by Crippen LogP contribution is -2.16. The molecular weight excluding hydrogens is 407 g/mol. The van der Waals surface area contributed by atoms with Crippen LogP contribution < -0.4 is 5.32 Å². The van der Waals surface area contributed by atoms with Crippen LogP contribution >= 0.6 is 23.1 Å². The van der Waals surface area contributed by atoms with E-state index in [0.29, 0.717) is 9.77 Å². The third-order valence-corrected chi connectivity index (χ3v) is 6.84. The van der Waals surface area contributed by atoms with Crippen LogP contribution in [0.2, 0.25) is 0 Å². The van der Waals surface area contributed by atoms with Gasteiger partial charge in [0, 0.05) is 22.6 Å². The summed E-state index contributed by atoms with van der Waals surface area (Å²) >= 11 is 2.59. The predicted molar refractivity (Wildman–Crippen MR) is 108 cm³/mol. The number of amides is 1. The maximum absolute atomic E-state index is 13.6. The van der Waals surface area contributed by atoms with E-state index in [9.17, 15) is 18.0 Å². The maximum atomic E-state index is 13.6. The summed E-state index contributed by atoms with van der Waals surface area (Å²) in [6, 6.07) is 5.70. The fraction of sp³-hybridized carbons (Fsp3) is 0.368. The number of benzene rings is 1. The minimum absolute atomic E-state index is 0.205. The van der Waals surface area contributed by atoms with Gasteiger partial charge in [-0.2, -0.15) is 18.3 Å². The van der Waals surface area contributed by atoms with Crippen LogP contribution in [0.5, 0.6) is 0 Å². The zero-order chi connectivity index (χ0) is 20.6. The highest BCUT2D eigenvalue weighted by Gasteiger charge is 2.34. The summed E-state index contributed by atoms with van der Waals surface area (Å²) in [4.78, 5) is 14.3. The molecule has 0 bridgehead atoms. The Morgan fingerprint density at radius 2 is 2.07 bits per heavy atom. The lowest BCUT2D eigenvalue weighted by Gasteiger charge is -2.16. The fourth-order valence-corrected chi connectivity index (χ4v) is 4.74. The Morgan fingerprint density at radius 1 is 1.36 bits per heavy atom. The number of thiophene rings is 1. The summed E-state index contributed by atoms with van der Waals surface area (Å²) in [7, 11) is 1.77. The minimum atomic E-state index is -4.56. The highest BCUT2D eigenvalue weighted by molar-refractivity contribution is 7.99. The first kappa shape index (κ1) is 20.7. The first-order valence-electron chi connectivity index (χ1n) is 8.72. The van der Waals surface area contributed by atoms with E-state index in [0.717, 1.165) is 28.4 Å². The number of hydrogen-bond donors (Lipinski definition) is 1.